The number of rotatable bonds is 1. The van der Waals surface area contributed by atoms with E-state index < -0.39 is 22.8 Å². The maximum absolute atomic E-state index is 11.2. The van der Waals surface area contributed by atoms with Crippen LogP contribution in [0.5, 0.6) is 5.75 Å². The number of nitrogens with one attached hydrogen (secondary N) is 2. The molecule has 0 aliphatic carbocycles. The molecule has 0 atom stereocenters. The number of aromatic nitrogens is 1. The number of aromatic hydroxyl groups is 1. The van der Waals surface area contributed by atoms with Crippen LogP contribution in [0, 0.1) is 0 Å². The number of aromatic carboxylic acids is 1. The molecule has 0 bridgehead atoms. The van der Waals surface area contributed by atoms with Crippen LogP contribution >= 0.6 is 0 Å². The van der Waals surface area contributed by atoms with E-state index in [0.717, 1.165) is 0 Å². The topological polar surface area (TPSA) is 102 Å². The SMILES string of the molecule is O=C(O)c1c(O)c2c([nH]c1=O)CNC2. The summed E-state index contributed by atoms with van der Waals surface area (Å²) in [6, 6.07) is 0. The number of aromatic amines is 1. The molecule has 1 aliphatic heterocycles. The molecule has 74 valence electrons. The molecule has 2 heterocycles. The second-order valence-corrected chi connectivity index (χ2v) is 3.04. The molecule has 0 amide bonds. The predicted molar refractivity (Wildman–Crippen MR) is 46.2 cm³/mol. The van der Waals surface area contributed by atoms with Crippen molar-refractivity contribution in [1.29, 1.82) is 0 Å². The van der Waals surface area contributed by atoms with Gasteiger partial charge in [-0.25, -0.2) is 4.79 Å². The zero-order valence-electron chi connectivity index (χ0n) is 7.13. The minimum Gasteiger partial charge on any atom is -0.506 e. The molecule has 2 rings (SSSR count). The largest absolute Gasteiger partial charge is 0.506 e. The van der Waals surface area contributed by atoms with Crippen molar-refractivity contribution in [3.05, 3.63) is 27.2 Å². The van der Waals surface area contributed by atoms with Gasteiger partial charge in [0, 0.05) is 24.3 Å². The summed E-state index contributed by atoms with van der Waals surface area (Å²) in [4.78, 5) is 24.3. The lowest BCUT2D eigenvalue weighted by molar-refractivity contribution is 0.0691. The molecule has 6 heteroatoms. The summed E-state index contributed by atoms with van der Waals surface area (Å²) in [7, 11) is 0. The van der Waals surface area contributed by atoms with Gasteiger partial charge in [0.1, 0.15) is 5.75 Å². The first-order valence-electron chi connectivity index (χ1n) is 4.02. The van der Waals surface area contributed by atoms with E-state index in [0.29, 0.717) is 24.3 Å². The van der Waals surface area contributed by atoms with E-state index in [2.05, 4.69) is 10.3 Å². The quantitative estimate of drug-likeness (QED) is 0.479. The molecule has 0 saturated heterocycles. The average Bonchev–Trinajstić information content (AvgIpc) is 2.50. The summed E-state index contributed by atoms with van der Waals surface area (Å²) in [6.07, 6.45) is 0. The third-order valence-electron chi connectivity index (χ3n) is 2.20. The maximum Gasteiger partial charge on any atom is 0.345 e. The number of pyridine rings is 1. The third kappa shape index (κ3) is 1.08. The van der Waals surface area contributed by atoms with Gasteiger partial charge in [-0.15, -0.1) is 0 Å². The second-order valence-electron chi connectivity index (χ2n) is 3.04. The monoisotopic (exact) mass is 196 g/mol. The molecular formula is C8H8N2O4. The molecule has 0 aromatic carbocycles. The van der Waals surface area contributed by atoms with Gasteiger partial charge in [0.15, 0.2) is 5.56 Å². The Labute approximate surface area is 78.2 Å². The predicted octanol–water partition coefficient (Wildman–Crippen LogP) is -0.618. The minimum absolute atomic E-state index is 0.373. The van der Waals surface area contributed by atoms with Crippen molar-refractivity contribution >= 4 is 5.97 Å². The summed E-state index contributed by atoms with van der Waals surface area (Å²) >= 11 is 0. The molecule has 0 fully saturated rings. The molecule has 0 spiro atoms. The van der Waals surface area contributed by atoms with Gasteiger partial charge in [-0.3, -0.25) is 4.79 Å². The number of H-pyrrole nitrogens is 1. The third-order valence-corrected chi connectivity index (χ3v) is 2.20. The average molecular weight is 196 g/mol. The van der Waals surface area contributed by atoms with Crippen molar-refractivity contribution in [2.24, 2.45) is 0 Å². The zero-order valence-corrected chi connectivity index (χ0v) is 7.13. The highest BCUT2D eigenvalue weighted by atomic mass is 16.4. The van der Waals surface area contributed by atoms with Crippen molar-refractivity contribution in [3.63, 3.8) is 0 Å². The van der Waals surface area contributed by atoms with E-state index in [9.17, 15) is 14.7 Å². The van der Waals surface area contributed by atoms with Crippen LogP contribution in [-0.2, 0) is 13.1 Å². The van der Waals surface area contributed by atoms with E-state index in [1.54, 1.807) is 0 Å². The standard InChI is InChI=1S/C8H8N2O4/c11-6-3-1-9-2-4(3)10-7(12)5(6)8(13)14/h9H,1-2H2,(H,13,14)(H2,10,11,12). The lowest BCUT2D eigenvalue weighted by Crippen LogP contribution is -2.19. The Kier molecular flexibility index (Phi) is 1.78. The van der Waals surface area contributed by atoms with E-state index >= 15 is 0 Å². The maximum atomic E-state index is 11.2. The molecule has 1 aliphatic rings. The molecule has 4 N–H and O–H groups in total. The van der Waals surface area contributed by atoms with Gasteiger partial charge < -0.3 is 20.5 Å². The fraction of sp³-hybridized carbons (Fsp3) is 0.250. The van der Waals surface area contributed by atoms with Crippen molar-refractivity contribution in [1.82, 2.24) is 10.3 Å². The fourth-order valence-corrected chi connectivity index (χ4v) is 1.53. The van der Waals surface area contributed by atoms with Crippen LogP contribution in [0.1, 0.15) is 21.6 Å². The van der Waals surface area contributed by atoms with Crippen molar-refractivity contribution in [2.75, 3.05) is 0 Å². The number of carboxylic acids is 1. The summed E-state index contributed by atoms with van der Waals surface area (Å²) < 4.78 is 0. The highest BCUT2D eigenvalue weighted by Crippen LogP contribution is 2.24. The van der Waals surface area contributed by atoms with Crippen molar-refractivity contribution in [2.45, 2.75) is 13.1 Å². The van der Waals surface area contributed by atoms with Gasteiger partial charge in [0.05, 0.1) is 0 Å². The second kappa shape index (κ2) is 2.85. The molecule has 0 saturated carbocycles. The van der Waals surface area contributed by atoms with E-state index in [1.165, 1.54) is 0 Å². The van der Waals surface area contributed by atoms with E-state index in [4.69, 9.17) is 5.11 Å². The zero-order chi connectivity index (χ0) is 10.3. The van der Waals surface area contributed by atoms with E-state index in [1.807, 2.05) is 0 Å². The molecule has 0 unspecified atom stereocenters. The molecule has 1 aromatic rings. The highest BCUT2D eigenvalue weighted by molar-refractivity contribution is 5.90. The molecule has 0 radical (unpaired) electrons. The van der Waals surface area contributed by atoms with Gasteiger partial charge in [-0.2, -0.15) is 0 Å². The molecular weight excluding hydrogens is 188 g/mol. The summed E-state index contributed by atoms with van der Waals surface area (Å²) in [5.74, 6) is -1.85. The number of hydrogen-bond donors (Lipinski definition) is 4. The number of carbonyl (C=O) groups is 1. The lowest BCUT2D eigenvalue weighted by atomic mass is 10.1. The molecule has 6 nitrogen and oxygen atoms in total. The van der Waals surface area contributed by atoms with Crippen LogP contribution in [0.4, 0.5) is 0 Å². The first kappa shape index (κ1) is 8.76. The Morgan fingerprint density at radius 3 is 2.71 bits per heavy atom. The lowest BCUT2D eigenvalue weighted by Gasteiger charge is -2.03. The number of carboxylic acid groups (broad SMARTS) is 1. The van der Waals surface area contributed by atoms with Crippen molar-refractivity contribution in [3.8, 4) is 5.75 Å². The molecule has 14 heavy (non-hydrogen) atoms. The van der Waals surface area contributed by atoms with Gasteiger partial charge in [0.2, 0.25) is 0 Å². The van der Waals surface area contributed by atoms with Crippen LogP contribution in [0.3, 0.4) is 0 Å². The first-order chi connectivity index (χ1) is 6.61. The van der Waals surface area contributed by atoms with Crippen LogP contribution in [-0.4, -0.2) is 21.2 Å². The van der Waals surface area contributed by atoms with Gasteiger partial charge in [-0.1, -0.05) is 0 Å². The Bertz CT molecular complexity index is 463. The Hall–Kier alpha value is -1.82. The van der Waals surface area contributed by atoms with Crippen molar-refractivity contribution < 1.29 is 15.0 Å². The Morgan fingerprint density at radius 2 is 2.07 bits per heavy atom. The highest BCUT2D eigenvalue weighted by Gasteiger charge is 2.24. The smallest absolute Gasteiger partial charge is 0.345 e. The Balaban J connectivity index is 2.75. The Morgan fingerprint density at radius 1 is 1.36 bits per heavy atom. The van der Waals surface area contributed by atoms with Gasteiger partial charge in [0.25, 0.3) is 5.56 Å². The molecule has 1 aromatic heterocycles. The summed E-state index contributed by atoms with van der Waals surface area (Å²) in [6.45, 7) is 0.816. The van der Waals surface area contributed by atoms with E-state index in [-0.39, 0.29) is 0 Å². The van der Waals surface area contributed by atoms with Crippen LogP contribution in [0.15, 0.2) is 4.79 Å². The van der Waals surface area contributed by atoms with Gasteiger partial charge >= 0.3 is 5.97 Å². The number of fused-ring (bicyclic) bond motifs is 1. The van der Waals surface area contributed by atoms with Crippen LogP contribution < -0.4 is 10.9 Å². The number of hydrogen-bond acceptors (Lipinski definition) is 4. The van der Waals surface area contributed by atoms with Gasteiger partial charge in [-0.05, 0) is 0 Å². The summed E-state index contributed by atoms with van der Waals surface area (Å²) in [5, 5.41) is 21.1. The van der Waals surface area contributed by atoms with Crippen LogP contribution in [0.25, 0.3) is 0 Å². The fourth-order valence-electron chi connectivity index (χ4n) is 1.53. The minimum atomic E-state index is -1.42. The van der Waals surface area contributed by atoms with Crippen LogP contribution in [0.2, 0.25) is 0 Å². The first-order valence-corrected chi connectivity index (χ1v) is 4.02. The normalized spacial score (nSPS) is 14.0. The summed E-state index contributed by atoms with van der Waals surface area (Å²) in [5.41, 5.74) is -0.343.